The van der Waals surface area contributed by atoms with Gasteiger partial charge in [-0.2, -0.15) is 8.78 Å². The van der Waals surface area contributed by atoms with Crippen LogP contribution in [0.4, 0.5) is 13.2 Å². The van der Waals surface area contributed by atoms with Gasteiger partial charge >= 0.3 is 12.6 Å². The van der Waals surface area contributed by atoms with Crippen LogP contribution in [0.1, 0.15) is 17.3 Å². The van der Waals surface area contributed by atoms with Gasteiger partial charge in [-0.25, -0.2) is 9.18 Å². The van der Waals surface area contributed by atoms with Crippen LogP contribution < -0.4 is 4.74 Å². The molecule has 0 aliphatic carbocycles. The molecule has 0 radical (unpaired) electrons. The molecule has 1 aromatic rings. The molecule has 0 N–H and O–H groups in total. The van der Waals surface area contributed by atoms with Crippen LogP contribution in [0, 0.1) is 5.82 Å². The van der Waals surface area contributed by atoms with Gasteiger partial charge in [-0.3, -0.25) is 0 Å². The second-order valence-electron chi connectivity index (χ2n) is 2.74. The van der Waals surface area contributed by atoms with E-state index in [9.17, 15) is 18.0 Å². The van der Waals surface area contributed by atoms with Gasteiger partial charge in [0.2, 0.25) is 0 Å². The zero-order valence-electron chi connectivity index (χ0n) is 8.38. The van der Waals surface area contributed by atoms with Crippen molar-refractivity contribution in [2.45, 2.75) is 13.5 Å². The first-order valence-corrected chi connectivity index (χ1v) is 4.46. The van der Waals surface area contributed by atoms with E-state index < -0.39 is 24.0 Å². The van der Waals surface area contributed by atoms with Crippen LogP contribution in [0.25, 0.3) is 0 Å². The summed E-state index contributed by atoms with van der Waals surface area (Å²) in [4.78, 5) is 11.2. The highest BCUT2D eigenvalue weighted by molar-refractivity contribution is 5.90. The summed E-state index contributed by atoms with van der Waals surface area (Å²) in [6.45, 7) is -1.41. The summed E-state index contributed by atoms with van der Waals surface area (Å²) >= 11 is 0. The Morgan fingerprint density at radius 2 is 2.12 bits per heavy atom. The van der Waals surface area contributed by atoms with Crippen molar-refractivity contribution in [2.75, 3.05) is 6.61 Å². The van der Waals surface area contributed by atoms with Crippen molar-refractivity contribution in [2.24, 2.45) is 0 Å². The minimum absolute atomic E-state index is 0.0677. The SMILES string of the molecule is CCOC(=O)c1cc(OC(F)F)ccc1F. The molecule has 0 atom stereocenters. The fraction of sp³-hybridized carbons (Fsp3) is 0.300. The predicted octanol–water partition coefficient (Wildman–Crippen LogP) is 2.60. The number of alkyl halides is 2. The van der Waals surface area contributed by atoms with Gasteiger partial charge in [-0.05, 0) is 25.1 Å². The summed E-state index contributed by atoms with van der Waals surface area (Å²) < 4.78 is 45.5. The quantitative estimate of drug-likeness (QED) is 0.751. The maximum atomic E-state index is 13.1. The molecule has 0 unspecified atom stereocenters. The number of halogens is 3. The van der Waals surface area contributed by atoms with Gasteiger partial charge in [0.05, 0.1) is 12.2 Å². The molecule has 0 heterocycles. The lowest BCUT2D eigenvalue weighted by Gasteiger charge is -2.07. The predicted molar refractivity (Wildman–Crippen MR) is 49.0 cm³/mol. The number of hydrogen-bond acceptors (Lipinski definition) is 3. The van der Waals surface area contributed by atoms with Crippen molar-refractivity contribution in [1.82, 2.24) is 0 Å². The summed E-state index contributed by atoms with van der Waals surface area (Å²) in [7, 11) is 0. The van der Waals surface area contributed by atoms with Gasteiger partial charge < -0.3 is 9.47 Å². The Morgan fingerprint density at radius 1 is 1.44 bits per heavy atom. The molecule has 0 aliphatic rings. The first kappa shape index (κ1) is 12.4. The maximum Gasteiger partial charge on any atom is 0.387 e. The van der Waals surface area contributed by atoms with Crippen LogP contribution in [-0.2, 0) is 4.74 Å². The van der Waals surface area contributed by atoms with E-state index in [-0.39, 0.29) is 12.4 Å². The van der Waals surface area contributed by atoms with Crippen LogP contribution >= 0.6 is 0 Å². The molecule has 3 nitrogen and oxygen atoms in total. The third-order valence-corrected chi connectivity index (χ3v) is 1.66. The zero-order valence-corrected chi connectivity index (χ0v) is 8.38. The molecule has 6 heteroatoms. The number of hydrogen-bond donors (Lipinski definition) is 0. The molecule has 0 aromatic heterocycles. The summed E-state index contributed by atoms with van der Waals surface area (Å²) in [5, 5.41) is 0. The highest BCUT2D eigenvalue weighted by Crippen LogP contribution is 2.19. The third-order valence-electron chi connectivity index (χ3n) is 1.66. The highest BCUT2D eigenvalue weighted by atomic mass is 19.3. The monoisotopic (exact) mass is 234 g/mol. The average Bonchev–Trinajstić information content (AvgIpc) is 2.20. The van der Waals surface area contributed by atoms with E-state index in [2.05, 4.69) is 9.47 Å². The molecule has 1 rings (SSSR count). The van der Waals surface area contributed by atoms with E-state index in [4.69, 9.17) is 0 Å². The molecular weight excluding hydrogens is 225 g/mol. The van der Waals surface area contributed by atoms with Gasteiger partial charge in [-0.15, -0.1) is 0 Å². The van der Waals surface area contributed by atoms with Crippen LogP contribution in [0.15, 0.2) is 18.2 Å². The number of carbonyl (C=O) groups is 1. The lowest BCUT2D eigenvalue weighted by molar-refractivity contribution is -0.0499. The van der Waals surface area contributed by atoms with Gasteiger partial charge in [0, 0.05) is 0 Å². The van der Waals surface area contributed by atoms with Crippen molar-refractivity contribution in [3.05, 3.63) is 29.6 Å². The molecule has 0 bridgehead atoms. The van der Waals surface area contributed by atoms with Crippen molar-refractivity contribution in [1.29, 1.82) is 0 Å². The van der Waals surface area contributed by atoms with E-state index in [1.807, 2.05) is 0 Å². The number of carbonyl (C=O) groups excluding carboxylic acids is 1. The molecular formula is C10H9F3O3. The Hall–Kier alpha value is -1.72. The molecule has 0 saturated heterocycles. The molecule has 0 fully saturated rings. The van der Waals surface area contributed by atoms with Crippen LogP contribution in [-0.4, -0.2) is 19.2 Å². The summed E-state index contributed by atoms with van der Waals surface area (Å²) in [5.41, 5.74) is -0.431. The fourth-order valence-electron chi connectivity index (χ4n) is 1.05. The number of esters is 1. The Balaban J connectivity index is 2.94. The molecule has 16 heavy (non-hydrogen) atoms. The van der Waals surface area contributed by atoms with Crippen LogP contribution in [0.5, 0.6) is 5.75 Å². The van der Waals surface area contributed by atoms with E-state index in [1.54, 1.807) is 6.92 Å². The van der Waals surface area contributed by atoms with Gasteiger partial charge in [0.15, 0.2) is 0 Å². The second-order valence-corrected chi connectivity index (χ2v) is 2.74. The first-order chi connectivity index (χ1) is 7.54. The number of benzene rings is 1. The largest absolute Gasteiger partial charge is 0.462 e. The number of ether oxygens (including phenoxy) is 2. The summed E-state index contributed by atoms with van der Waals surface area (Å²) in [6.07, 6.45) is 0. The average molecular weight is 234 g/mol. The smallest absolute Gasteiger partial charge is 0.387 e. The van der Waals surface area contributed by atoms with Gasteiger partial charge in [0.25, 0.3) is 0 Å². The fourth-order valence-corrected chi connectivity index (χ4v) is 1.05. The van der Waals surface area contributed by atoms with E-state index in [0.717, 1.165) is 18.2 Å². The van der Waals surface area contributed by atoms with E-state index >= 15 is 0 Å². The standard InChI is InChI=1S/C10H9F3O3/c1-2-15-9(14)7-5-6(16-10(12)13)3-4-8(7)11/h3-5,10H,2H2,1H3. The molecule has 1 aromatic carbocycles. The first-order valence-electron chi connectivity index (χ1n) is 4.46. The summed E-state index contributed by atoms with van der Waals surface area (Å²) in [6, 6.07) is 2.74. The van der Waals surface area contributed by atoms with Crippen molar-refractivity contribution in [3.8, 4) is 5.75 Å². The zero-order chi connectivity index (χ0) is 12.1. The van der Waals surface area contributed by atoms with Crippen LogP contribution in [0.2, 0.25) is 0 Å². The van der Waals surface area contributed by atoms with Crippen molar-refractivity contribution < 1.29 is 27.4 Å². The Morgan fingerprint density at radius 3 is 2.69 bits per heavy atom. The van der Waals surface area contributed by atoms with E-state index in [1.165, 1.54) is 0 Å². The lowest BCUT2D eigenvalue weighted by Crippen LogP contribution is -2.09. The Kier molecular flexibility index (Phi) is 4.16. The minimum atomic E-state index is -3.03. The number of rotatable bonds is 4. The minimum Gasteiger partial charge on any atom is -0.462 e. The second kappa shape index (κ2) is 5.39. The third kappa shape index (κ3) is 3.15. The van der Waals surface area contributed by atoms with Gasteiger partial charge in [0.1, 0.15) is 11.6 Å². The van der Waals surface area contributed by atoms with Gasteiger partial charge in [-0.1, -0.05) is 0 Å². The lowest BCUT2D eigenvalue weighted by atomic mass is 10.2. The molecule has 0 spiro atoms. The van der Waals surface area contributed by atoms with Crippen molar-refractivity contribution >= 4 is 5.97 Å². The Bertz CT molecular complexity index is 380. The van der Waals surface area contributed by atoms with Crippen molar-refractivity contribution in [3.63, 3.8) is 0 Å². The Labute approximate surface area is 89.8 Å². The maximum absolute atomic E-state index is 13.1. The molecule has 0 saturated carbocycles. The molecule has 0 amide bonds. The highest BCUT2D eigenvalue weighted by Gasteiger charge is 2.15. The van der Waals surface area contributed by atoms with E-state index in [0.29, 0.717) is 0 Å². The molecule has 88 valence electrons. The topological polar surface area (TPSA) is 35.5 Å². The van der Waals surface area contributed by atoms with Crippen LogP contribution in [0.3, 0.4) is 0 Å². The summed E-state index contributed by atoms with van der Waals surface area (Å²) in [5.74, 6) is -2.06. The molecule has 0 aliphatic heterocycles. The normalized spacial score (nSPS) is 10.3.